The Morgan fingerprint density at radius 1 is 1.27 bits per heavy atom. The first-order valence-electron chi connectivity index (χ1n) is 9.18. The second-order valence-corrected chi connectivity index (χ2v) is 7.88. The third-order valence-electron chi connectivity index (χ3n) is 5.45. The van der Waals surface area contributed by atoms with Gasteiger partial charge < -0.3 is 10.2 Å². The van der Waals surface area contributed by atoms with Gasteiger partial charge in [-0.2, -0.15) is 5.10 Å². The predicted molar refractivity (Wildman–Crippen MR) is 105 cm³/mol. The molecule has 1 fully saturated rings. The standard InChI is InChI=1S/C20H26N4O.ClH/c1-20(2)14-23(13-15-6-3-4-8-17(15)20)19(25)18-9-11-24(22-18)16-7-5-10-21-12-16;/h3-4,6,8-9,11,16,21H,5,7,10,12-14H2,1-2H3;1H. The molecule has 3 heterocycles. The van der Waals surface area contributed by atoms with Crippen molar-refractivity contribution in [1.29, 1.82) is 0 Å². The van der Waals surface area contributed by atoms with E-state index < -0.39 is 0 Å². The minimum Gasteiger partial charge on any atom is -0.332 e. The number of carbonyl (C=O) groups excluding carboxylic acids is 1. The summed E-state index contributed by atoms with van der Waals surface area (Å²) in [5, 5.41) is 8.00. The molecule has 1 amide bonds. The van der Waals surface area contributed by atoms with Crippen molar-refractivity contribution >= 4 is 18.3 Å². The molecule has 0 aliphatic carbocycles. The van der Waals surface area contributed by atoms with Gasteiger partial charge in [0.25, 0.3) is 5.91 Å². The van der Waals surface area contributed by atoms with Crippen LogP contribution in [0.3, 0.4) is 0 Å². The summed E-state index contributed by atoms with van der Waals surface area (Å²) in [6, 6.07) is 10.7. The lowest BCUT2D eigenvalue weighted by molar-refractivity contribution is 0.0678. The van der Waals surface area contributed by atoms with Crippen molar-refractivity contribution in [3.63, 3.8) is 0 Å². The number of fused-ring (bicyclic) bond motifs is 1. The first kappa shape index (κ1) is 18.9. The van der Waals surface area contributed by atoms with Crippen molar-refractivity contribution in [2.24, 2.45) is 0 Å². The second-order valence-electron chi connectivity index (χ2n) is 7.88. The highest BCUT2D eigenvalue weighted by Gasteiger charge is 2.34. The number of amides is 1. The highest BCUT2D eigenvalue weighted by molar-refractivity contribution is 5.92. The Bertz CT molecular complexity index is 780. The number of halogens is 1. The number of hydrogen-bond acceptors (Lipinski definition) is 3. The second kappa shape index (κ2) is 7.41. The van der Waals surface area contributed by atoms with E-state index in [2.05, 4.69) is 42.5 Å². The van der Waals surface area contributed by atoms with E-state index in [9.17, 15) is 4.79 Å². The fraction of sp³-hybridized carbons (Fsp3) is 0.500. The van der Waals surface area contributed by atoms with E-state index in [0.717, 1.165) is 32.5 Å². The highest BCUT2D eigenvalue weighted by atomic mass is 35.5. The Balaban J connectivity index is 0.00000196. The smallest absolute Gasteiger partial charge is 0.274 e. The van der Waals surface area contributed by atoms with E-state index in [-0.39, 0.29) is 23.7 Å². The van der Waals surface area contributed by atoms with E-state index in [0.29, 0.717) is 18.3 Å². The molecule has 2 aromatic rings. The molecule has 1 atom stereocenters. The number of rotatable bonds is 2. The molecule has 0 saturated carbocycles. The molecule has 2 aliphatic rings. The van der Waals surface area contributed by atoms with E-state index in [4.69, 9.17) is 0 Å². The van der Waals surface area contributed by atoms with Gasteiger partial charge in [-0.15, -0.1) is 12.4 Å². The molecule has 1 aromatic heterocycles. The largest absolute Gasteiger partial charge is 0.332 e. The number of nitrogens with zero attached hydrogens (tertiary/aromatic N) is 3. The molecule has 26 heavy (non-hydrogen) atoms. The molecule has 0 spiro atoms. The van der Waals surface area contributed by atoms with Gasteiger partial charge in [-0.05, 0) is 36.6 Å². The van der Waals surface area contributed by atoms with Crippen molar-refractivity contribution in [3.8, 4) is 0 Å². The van der Waals surface area contributed by atoms with Gasteiger partial charge in [0, 0.05) is 31.2 Å². The van der Waals surface area contributed by atoms with Crippen LogP contribution in [0.4, 0.5) is 0 Å². The van der Waals surface area contributed by atoms with Gasteiger partial charge in [0.2, 0.25) is 0 Å². The van der Waals surface area contributed by atoms with Crippen molar-refractivity contribution in [2.45, 2.75) is 44.7 Å². The zero-order valence-corrected chi connectivity index (χ0v) is 16.3. The lowest BCUT2D eigenvalue weighted by atomic mass is 9.78. The Morgan fingerprint density at radius 2 is 2.08 bits per heavy atom. The van der Waals surface area contributed by atoms with Gasteiger partial charge in [-0.1, -0.05) is 38.1 Å². The zero-order valence-electron chi connectivity index (χ0n) is 15.4. The third-order valence-corrected chi connectivity index (χ3v) is 5.45. The summed E-state index contributed by atoms with van der Waals surface area (Å²) in [6.45, 7) is 7.80. The molecule has 1 unspecified atom stereocenters. The Kier molecular flexibility index (Phi) is 5.39. The number of nitrogens with one attached hydrogen (secondary N) is 1. The van der Waals surface area contributed by atoms with E-state index in [1.165, 1.54) is 11.1 Å². The van der Waals surface area contributed by atoms with Crippen LogP contribution in [0.1, 0.15) is 54.3 Å². The van der Waals surface area contributed by atoms with Crippen LogP contribution in [0.5, 0.6) is 0 Å². The van der Waals surface area contributed by atoms with Gasteiger partial charge in [-0.25, -0.2) is 0 Å². The maximum absolute atomic E-state index is 13.0. The van der Waals surface area contributed by atoms with Crippen LogP contribution in [0.15, 0.2) is 36.5 Å². The van der Waals surface area contributed by atoms with Crippen LogP contribution in [0.25, 0.3) is 0 Å². The molecule has 140 valence electrons. The number of aromatic nitrogens is 2. The van der Waals surface area contributed by atoms with Crippen LogP contribution >= 0.6 is 12.4 Å². The Hall–Kier alpha value is -1.85. The van der Waals surface area contributed by atoms with Crippen LogP contribution in [0, 0.1) is 0 Å². The molecule has 0 radical (unpaired) electrons. The summed E-state index contributed by atoms with van der Waals surface area (Å²) < 4.78 is 1.96. The average Bonchev–Trinajstić information content (AvgIpc) is 3.11. The lowest BCUT2D eigenvalue weighted by Gasteiger charge is -2.39. The zero-order chi connectivity index (χ0) is 17.4. The minimum atomic E-state index is -0.0413. The lowest BCUT2D eigenvalue weighted by Crippen LogP contribution is -2.45. The van der Waals surface area contributed by atoms with E-state index in [1.807, 2.05) is 27.9 Å². The molecule has 4 rings (SSSR count). The van der Waals surface area contributed by atoms with Gasteiger partial charge in [-0.3, -0.25) is 9.48 Å². The van der Waals surface area contributed by atoms with E-state index in [1.54, 1.807) is 0 Å². The summed E-state index contributed by atoms with van der Waals surface area (Å²) in [7, 11) is 0. The van der Waals surface area contributed by atoms with Crippen molar-refractivity contribution in [1.82, 2.24) is 20.0 Å². The van der Waals surface area contributed by atoms with Gasteiger partial charge >= 0.3 is 0 Å². The molecule has 2 aliphatic heterocycles. The SMILES string of the molecule is CC1(C)CN(C(=O)c2ccn(C3CCCNC3)n2)Cc2ccccc21.Cl. The summed E-state index contributed by atoms with van der Waals surface area (Å²) in [6.07, 6.45) is 4.23. The fourth-order valence-corrected chi connectivity index (χ4v) is 4.16. The molecule has 0 bridgehead atoms. The quantitative estimate of drug-likeness (QED) is 0.878. The topological polar surface area (TPSA) is 50.2 Å². The van der Waals surface area contributed by atoms with Gasteiger partial charge in [0.15, 0.2) is 0 Å². The summed E-state index contributed by atoms with van der Waals surface area (Å²) in [5.41, 5.74) is 3.10. The number of benzene rings is 1. The molecule has 1 N–H and O–H groups in total. The van der Waals surface area contributed by atoms with E-state index >= 15 is 0 Å². The maximum atomic E-state index is 13.0. The van der Waals surface area contributed by atoms with Crippen molar-refractivity contribution in [3.05, 3.63) is 53.3 Å². The minimum absolute atomic E-state index is 0. The normalized spacial score (nSPS) is 21.6. The molecule has 6 heteroatoms. The Morgan fingerprint density at radius 3 is 2.85 bits per heavy atom. The molecular formula is C20H27ClN4O. The van der Waals surface area contributed by atoms with Crippen LogP contribution in [-0.2, 0) is 12.0 Å². The third kappa shape index (κ3) is 3.51. The first-order chi connectivity index (χ1) is 12.0. The summed E-state index contributed by atoms with van der Waals surface area (Å²) in [4.78, 5) is 15.0. The number of hydrogen-bond donors (Lipinski definition) is 1. The molecule has 5 nitrogen and oxygen atoms in total. The maximum Gasteiger partial charge on any atom is 0.274 e. The first-order valence-corrected chi connectivity index (χ1v) is 9.18. The number of carbonyl (C=O) groups is 1. The monoisotopic (exact) mass is 374 g/mol. The van der Waals surface area contributed by atoms with Crippen LogP contribution in [-0.4, -0.2) is 40.2 Å². The van der Waals surface area contributed by atoms with Gasteiger partial charge in [0.05, 0.1) is 6.04 Å². The predicted octanol–water partition coefficient (Wildman–Crippen LogP) is 3.16. The average molecular weight is 375 g/mol. The van der Waals surface area contributed by atoms with Crippen molar-refractivity contribution < 1.29 is 4.79 Å². The van der Waals surface area contributed by atoms with Gasteiger partial charge in [0.1, 0.15) is 5.69 Å². The summed E-state index contributed by atoms with van der Waals surface area (Å²) in [5.74, 6) is 0.0325. The van der Waals surface area contributed by atoms with Crippen LogP contribution < -0.4 is 5.32 Å². The Labute approximate surface area is 161 Å². The molecule has 1 saturated heterocycles. The molecule has 1 aromatic carbocycles. The van der Waals surface area contributed by atoms with Crippen LogP contribution in [0.2, 0.25) is 0 Å². The highest BCUT2D eigenvalue weighted by Crippen LogP contribution is 2.33. The van der Waals surface area contributed by atoms with Crippen molar-refractivity contribution in [2.75, 3.05) is 19.6 Å². The number of piperidine rings is 1. The fourth-order valence-electron chi connectivity index (χ4n) is 4.16. The molecular weight excluding hydrogens is 348 g/mol. The summed E-state index contributed by atoms with van der Waals surface area (Å²) >= 11 is 0.